The van der Waals surface area contributed by atoms with Gasteiger partial charge in [-0.2, -0.15) is 0 Å². The maximum absolute atomic E-state index is 11.3. The van der Waals surface area contributed by atoms with Crippen LogP contribution < -0.4 is 0 Å². The van der Waals surface area contributed by atoms with Crippen LogP contribution in [0.1, 0.15) is 25.5 Å². The monoisotopic (exact) mass is 237 g/mol. The highest BCUT2D eigenvalue weighted by molar-refractivity contribution is 5.67. The Bertz CT molecular complexity index is 427. The van der Waals surface area contributed by atoms with Crippen LogP contribution in [-0.2, 0) is 4.74 Å². The van der Waals surface area contributed by atoms with E-state index in [1.54, 1.807) is 38.1 Å². The van der Waals surface area contributed by atoms with Crippen molar-refractivity contribution in [2.45, 2.75) is 25.6 Å². The number of aromatic hydroxyl groups is 1. The molecule has 5 heteroatoms. The average Bonchev–Trinajstić information content (AvgIpc) is 2.55. The van der Waals surface area contributed by atoms with Crippen molar-refractivity contribution in [1.29, 1.82) is 0 Å². The number of benzene rings is 1. The van der Waals surface area contributed by atoms with Gasteiger partial charge in [-0.05, 0) is 31.5 Å². The van der Waals surface area contributed by atoms with Crippen molar-refractivity contribution in [2.75, 3.05) is 6.61 Å². The van der Waals surface area contributed by atoms with Gasteiger partial charge in [0.25, 0.3) is 0 Å². The Morgan fingerprint density at radius 2 is 2.00 bits per heavy atom. The molecule has 5 nitrogen and oxygen atoms in total. The quantitative estimate of drug-likeness (QED) is 0.785. The van der Waals surface area contributed by atoms with E-state index in [-0.39, 0.29) is 11.8 Å². The number of phenols is 1. The molecule has 1 aliphatic rings. The van der Waals surface area contributed by atoms with Crippen molar-refractivity contribution in [2.24, 2.45) is 0 Å². The third-order valence-corrected chi connectivity index (χ3v) is 2.97. The molecule has 1 heterocycles. The second-order valence-corrected chi connectivity index (χ2v) is 4.52. The molecule has 0 aliphatic carbocycles. The summed E-state index contributed by atoms with van der Waals surface area (Å²) < 4.78 is 5.49. The van der Waals surface area contributed by atoms with Gasteiger partial charge in [-0.15, -0.1) is 0 Å². The van der Waals surface area contributed by atoms with Crippen LogP contribution in [0.4, 0.5) is 4.79 Å². The second kappa shape index (κ2) is 3.92. The largest absolute Gasteiger partial charge is 0.508 e. The second-order valence-electron chi connectivity index (χ2n) is 4.52. The topological polar surface area (TPSA) is 70.0 Å². The molecule has 1 aromatic rings. The Balaban J connectivity index is 2.33. The SMILES string of the molecule is CC1(C)OC[C@@H](c2ccc(O)cc2)N1C(=O)O. The van der Waals surface area contributed by atoms with E-state index in [9.17, 15) is 15.0 Å². The lowest BCUT2D eigenvalue weighted by atomic mass is 10.1. The number of hydrogen-bond donors (Lipinski definition) is 2. The van der Waals surface area contributed by atoms with Crippen molar-refractivity contribution in [3.63, 3.8) is 0 Å². The molecule has 1 aliphatic heterocycles. The fourth-order valence-corrected chi connectivity index (χ4v) is 2.11. The zero-order valence-corrected chi connectivity index (χ0v) is 9.75. The zero-order valence-electron chi connectivity index (χ0n) is 9.75. The first-order valence-electron chi connectivity index (χ1n) is 5.37. The highest BCUT2D eigenvalue weighted by Gasteiger charge is 2.44. The Morgan fingerprint density at radius 1 is 1.41 bits per heavy atom. The highest BCUT2D eigenvalue weighted by atomic mass is 16.5. The number of ether oxygens (including phenoxy) is 1. The third kappa shape index (κ3) is 2.06. The zero-order chi connectivity index (χ0) is 12.6. The maximum Gasteiger partial charge on any atom is 0.410 e. The number of carboxylic acid groups (broad SMARTS) is 1. The number of amides is 1. The van der Waals surface area contributed by atoms with Crippen LogP contribution >= 0.6 is 0 Å². The number of nitrogens with zero attached hydrogens (tertiary/aromatic N) is 1. The maximum atomic E-state index is 11.3. The van der Waals surface area contributed by atoms with Crippen LogP contribution in [0.2, 0.25) is 0 Å². The van der Waals surface area contributed by atoms with Gasteiger partial charge in [-0.1, -0.05) is 12.1 Å². The summed E-state index contributed by atoms with van der Waals surface area (Å²) in [6, 6.07) is 6.17. The van der Waals surface area contributed by atoms with E-state index in [0.29, 0.717) is 6.61 Å². The van der Waals surface area contributed by atoms with Gasteiger partial charge in [0.05, 0.1) is 12.6 Å². The van der Waals surface area contributed by atoms with E-state index in [1.165, 1.54) is 4.90 Å². The smallest absolute Gasteiger partial charge is 0.410 e. The van der Waals surface area contributed by atoms with E-state index in [4.69, 9.17) is 4.74 Å². The molecule has 0 aromatic heterocycles. The van der Waals surface area contributed by atoms with Crippen LogP contribution in [0.15, 0.2) is 24.3 Å². The van der Waals surface area contributed by atoms with Crippen LogP contribution in [0.3, 0.4) is 0 Å². The van der Waals surface area contributed by atoms with Gasteiger partial charge < -0.3 is 14.9 Å². The fourth-order valence-electron chi connectivity index (χ4n) is 2.11. The van der Waals surface area contributed by atoms with E-state index < -0.39 is 11.8 Å². The number of rotatable bonds is 1. The van der Waals surface area contributed by atoms with Gasteiger partial charge >= 0.3 is 6.09 Å². The van der Waals surface area contributed by atoms with Crippen molar-refractivity contribution >= 4 is 6.09 Å². The summed E-state index contributed by atoms with van der Waals surface area (Å²) in [5.74, 6) is 0.161. The van der Waals surface area contributed by atoms with Crippen molar-refractivity contribution in [3.8, 4) is 5.75 Å². The Kier molecular flexibility index (Phi) is 2.71. The lowest BCUT2D eigenvalue weighted by Crippen LogP contribution is -2.43. The molecular formula is C12H15NO4. The molecule has 17 heavy (non-hydrogen) atoms. The van der Waals surface area contributed by atoms with Gasteiger partial charge in [0, 0.05) is 0 Å². The molecule has 2 rings (SSSR count). The lowest BCUT2D eigenvalue weighted by molar-refractivity contribution is -0.0420. The van der Waals surface area contributed by atoms with Crippen LogP contribution in [0.5, 0.6) is 5.75 Å². The normalized spacial score (nSPS) is 22.7. The predicted molar refractivity (Wildman–Crippen MR) is 60.7 cm³/mol. The molecule has 1 amide bonds. The minimum atomic E-state index is -1.01. The van der Waals surface area contributed by atoms with Gasteiger partial charge in [-0.3, -0.25) is 4.90 Å². The molecule has 2 N–H and O–H groups in total. The van der Waals surface area contributed by atoms with Crippen LogP contribution in [0, 0.1) is 0 Å². The highest BCUT2D eigenvalue weighted by Crippen LogP contribution is 2.36. The molecule has 0 spiro atoms. The number of carbonyl (C=O) groups is 1. The Morgan fingerprint density at radius 3 is 2.53 bits per heavy atom. The third-order valence-electron chi connectivity index (χ3n) is 2.97. The van der Waals surface area contributed by atoms with Gasteiger partial charge in [0.1, 0.15) is 11.5 Å². The molecule has 0 saturated carbocycles. The van der Waals surface area contributed by atoms with E-state index in [0.717, 1.165) is 5.56 Å². The van der Waals surface area contributed by atoms with Crippen LogP contribution in [-0.4, -0.2) is 33.5 Å². The fraction of sp³-hybridized carbons (Fsp3) is 0.417. The molecule has 1 fully saturated rings. The van der Waals surface area contributed by atoms with Gasteiger partial charge in [0.15, 0.2) is 0 Å². The van der Waals surface area contributed by atoms with E-state index in [2.05, 4.69) is 0 Å². The first-order chi connectivity index (χ1) is 7.92. The molecule has 0 bridgehead atoms. The minimum absolute atomic E-state index is 0.161. The number of hydrogen-bond acceptors (Lipinski definition) is 3. The molecule has 1 atom stereocenters. The summed E-state index contributed by atoms with van der Waals surface area (Å²) in [4.78, 5) is 12.6. The summed E-state index contributed by atoms with van der Waals surface area (Å²) in [5, 5.41) is 18.4. The first kappa shape index (κ1) is 11.7. The summed E-state index contributed by atoms with van der Waals surface area (Å²) in [6.45, 7) is 3.77. The van der Waals surface area contributed by atoms with E-state index >= 15 is 0 Å². The number of phenolic OH excluding ortho intramolecular Hbond substituents is 1. The lowest BCUT2D eigenvalue weighted by Gasteiger charge is -2.31. The molecule has 1 aromatic carbocycles. The summed E-state index contributed by atoms with van der Waals surface area (Å²) >= 11 is 0. The average molecular weight is 237 g/mol. The summed E-state index contributed by atoms with van der Waals surface area (Å²) in [5.41, 5.74) is -0.00948. The Hall–Kier alpha value is -1.75. The molecule has 0 unspecified atom stereocenters. The van der Waals surface area contributed by atoms with E-state index in [1.807, 2.05) is 0 Å². The predicted octanol–water partition coefficient (Wildman–Crippen LogP) is 2.18. The Labute approximate surface area is 99.2 Å². The molecule has 0 radical (unpaired) electrons. The minimum Gasteiger partial charge on any atom is -0.508 e. The van der Waals surface area contributed by atoms with Crippen LogP contribution in [0.25, 0.3) is 0 Å². The van der Waals surface area contributed by atoms with Gasteiger partial charge in [0.2, 0.25) is 0 Å². The van der Waals surface area contributed by atoms with Crippen molar-refractivity contribution in [3.05, 3.63) is 29.8 Å². The first-order valence-corrected chi connectivity index (χ1v) is 5.37. The molecule has 92 valence electrons. The summed E-state index contributed by atoms with van der Waals surface area (Å²) in [7, 11) is 0. The van der Waals surface area contributed by atoms with Gasteiger partial charge in [-0.25, -0.2) is 4.79 Å². The standard InChI is InChI=1S/C12H15NO4/c1-12(2)13(11(15)16)10(7-17-12)8-3-5-9(14)6-4-8/h3-6,10,14H,7H2,1-2H3,(H,15,16)/t10-/m0/s1. The molecular weight excluding hydrogens is 222 g/mol. The molecule has 1 saturated heterocycles. The summed E-state index contributed by atoms with van der Waals surface area (Å²) in [6.07, 6.45) is -1.01. The van der Waals surface area contributed by atoms with Crippen molar-refractivity contribution < 1.29 is 19.7 Å². The van der Waals surface area contributed by atoms with Crippen molar-refractivity contribution in [1.82, 2.24) is 4.90 Å².